The summed E-state index contributed by atoms with van der Waals surface area (Å²) in [6.07, 6.45) is -4.71. The minimum atomic E-state index is -1.41. The van der Waals surface area contributed by atoms with E-state index in [2.05, 4.69) is 0 Å². The largest absolute Gasteiger partial charge is 0.394 e. The third kappa shape index (κ3) is 8.28. The lowest BCUT2D eigenvalue weighted by molar-refractivity contribution is -0.165. The van der Waals surface area contributed by atoms with Crippen LogP contribution in [0.15, 0.2) is 72.1 Å². The van der Waals surface area contributed by atoms with E-state index in [1.807, 2.05) is 47.8 Å². The summed E-state index contributed by atoms with van der Waals surface area (Å²) in [4.78, 5) is 0.936. The maximum atomic E-state index is 13.2. The molecule has 0 fully saturated rings. The molecule has 0 aliphatic carbocycles. The molecule has 0 saturated carbocycles. The summed E-state index contributed by atoms with van der Waals surface area (Å²) in [7, 11) is 0. The van der Waals surface area contributed by atoms with Gasteiger partial charge in [-0.05, 0) is 34.7 Å². The van der Waals surface area contributed by atoms with Gasteiger partial charge in [-0.15, -0.1) is 11.3 Å². The fraction of sp³-hybridized carbons (Fsp3) is 0.360. The summed E-state index contributed by atoms with van der Waals surface area (Å²) in [5, 5.41) is 33.2. The van der Waals surface area contributed by atoms with Gasteiger partial charge in [-0.2, -0.15) is 0 Å². The number of hydrogen-bond donors (Lipinski definition) is 3. The molecule has 0 unspecified atom stereocenters. The van der Waals surface area contributed by atoms with Crippen molar-refractivity contribution in [2.24, 2.45) is 0 Å². The first-order valence-corrected chi connectivity index (χ1v) is 11.5. The highest BCUT2D eigenvalue weighted by Crippen LogP contribution is 2.17. The number of aliphatic hydroxyl groups excluding tert-OH is 3. The Hall–Kier alpha value is -2.17. The lowest BCUT2D eigenvalue weighted by Crippen LogP contribution is -2.49. The van der Waals surface area contributed by atoms with Gasteiger partial charge in [-0.3, -0.25) is 0 Å². The van der Waals surface area contributed by atoms with Crippen molar-refractivity contribution in [3.63, 3.8) is 0 Å². The summed E-state index contributed by atoms with van der Waals surface area (Å²) >= 11 is 1.50. The van der Waals surface area contributed by atoms with E-state index in [1.165, 1.54) is 23.5 Å². The Kier molecular flexibility index (Phi) is 10.4. The highest BCUT2D eigenvalue weighted by Gasteiger charge is 2.33. The summed E-state index contributed by atoms with van der Waals surface area (Å²) in [5.74, 6) is -0.356. The normalized spacial score (nSPS) is 15.2. The molecule has 1 heterocycles. The van der Waals surface area contributed by atoms with Crippen LogP contribution in [0.1, 0.15) is 16.0 Å². The van der Waals surface area contributed by atoms with Gasteiger partial charge in [0.05, 0.1) is 33.0 Å². The smallest absolute Gasteiger partial charge is 0.123 e. The molecule has 3 rings (SSSR count). The average Bonchev–Trinajstić information content (AvgIpc) is 3.36. The molecule has 4 atom stereocenters. The van der Waals surface area contributed by atoms with E-state index < -0.39 is 31.0 Å². The zero-order chi connectivity index (χ0) is 23.5. The van der Waals surface area contributed by atoms with Crippen molar-refractivity contribution in [3.8, 4) is 0 Å². The number of rotatable bonds is 14. The Bertz CT molecular complexity index is 906. The van der Waals surface area contributed by atoms with Crippen molar-refractivity contribution in [1.82, 2.24) is 0 Å². The zero-order valence-electron chi connectivity index (χ0n) is 18.1. The van der Waals surface area contributed by atoms with E-state index in [-0.39, 0.29) is 25.6 Å². The minimum absolute atomic E-state index is 0.00259. The van der Waals surface area contributed by atoms with Gasteiger partial charge < -0.3 is 29.5 Å². The quantitative estimate of drug-likeness (QED) is 0.331. The second-order valence-corrected chi connectivity index (χ2v) is 8.60. The summed E-state index contributed by atoms with van der Waals surface area (Å²) in [6, 6.07) is 19.1. The van der Waals surface area contributed by atoms with Crippen molar-refractivity contribution < 1.29 is 33.9 Å². The van der Waals surface area contributed by atoms with Crippen LogP contribution in [0, 0.1) is 5.82 Å². The van der Waals surface area contributed by atoms with E-state index in [9.17, 15) is 19.7 Å². The predicted molar refractivity (Wildman–Crippen MR) is 123 cm³/mol. The molecular formula is C25H29FO6S. The average molecular weight is 477 g/mol. The molecule has 0 aliphatic rings. The molecule has 0 radical (unpaired) electrons. The minimum Gasteiger partial charge on any atom is -0.394 e. The Labute approximate surface area is 196 Å². The van der Waals surface area contributed by atoms with Crippen LogP contribution in [0.5, 0.6) is 0 Å². The fourth-order valence-corrected chi connectivity index (χ4v) is 3.80. The lowest BCUT2D eigenvalue weighted by Gasteiger charge is -2.31. The Morgan fingerprint density at radius 1 is 0.758 bits per heavy atom. The van der Waals surface area contributed by atoms with Crippen molar-refractivity contribution in [3.05, 3.63) is 93.9 Å². The number of benzene rings is 2. The molecule has 0 saturated heterocycles. The Balaban J connectivity index is 1.61. The summed E-state index contributed by atoms with van der Waals surface area (Å²) < 4.78 is 30.4. The first kappa shape index (κ1) is 25.5. The maximum absolute atomic E-state index is 13.2. The van der Waals surface area contributed by atoms with Crippen LogP contribution >= 0.6 is 11.3 Å². The molecule has 0 amide bonds. The van der Waals surface area contributed by atoms with Gasteiger partial charge >= 0.3 is 0 Å². The van der Waals surface area contributed by atoms with Crippen molar-refractivity contribution in [2.45, 2.75) is 44.2 Å². The van der Waals surface area contributed by atoms with Gasteiger partial charge in [0, 0.05) is 4.88 Å². The molecule has 3 aromatic rings. The maximum Gasteiger partial charge on any atom is 0.123 e. The van der Waals surface area contributed by atoms with E-state index in [1.54, 1.807) is 12.1 Å². The van der Waals surface area contributed by atoms with Gasteiger partial charge in [0.2, 0.25) is 0 Å². The van der Waals surface area contributed by atoms with Crippen molar-refractivity contribution >= 4 is 11.3 Å². The van der Waals surface area contributed by atoms with Crippen LogP contribution in [0.25, 0.3) is 0 Å². The molecule has 3 N–H and O–H groups in total. The molecule has 8 heteroatoms. The first-order chi connectivity index (χ1) is 16.1. The summed E-state index contributed by atoms with van der Waals surface area (Å²) in [5.41, 5.74) is 1.66. The number of halogens is 1. The van der Waals surface area contributed by atoms with Crippen LogP contribution in [0.4, 0.5) is 4.39 Å². The molecule has 2 aromatic carbocycles. The number of hydrogen-bond acceptors (Lipinski definition) is 7. The molecular weight excluding hydrogens is 447 g/mol. The topological polar surface area (TPSA) is 88.4 Å². The van der Waals surface area contributed by atoms with Gasteiger partial charge in [-0.1, -0.05) is 48.5 Å². The third-order valence-corrected chi connectivity index (χ3v) is 5.93. The van der Waals surface area contributed by atoms with Gasteiger partial charge in [-0.25, -0.2) is 4.39 Å². The second kappa shape index (κ2) is 13.5. The zero-order valence-corrected chi connectivity index (χ0v) is 18.9. The van der Waals surface area contributed by atoms with E-state index in [4.69, 9.17) is 14.2 Å². The monoisotopic (exact) mass is 476 g/mol. The predicted octanol–water partition coefficient (Wildman–Crippen LogP) is 3.29. The fourth-order valence-electron chi connectivity index (χ4n) is 3.18. The van der Waals surface area contributed by atoms with Crippen molar-refractivity contribution in [2.75, 3.05) is 13.2 Å². The Morgan fingerprint density at radius 3 is 2.09 bits per heavy atom. The van der Waals surface area contributed by atoms with Crippen LogP contribution in [0.3, 0.4) is 0 Å². The molecule has 0 bridgehead atoms. The van der Waals surface area contributed by atoms with Crippen LogP contribution in [0.2, 0.25) is 0 Å². The molecule has 178 valence electrons. The summed E-state index contributed by atoms with van der Waals surface area (Å²) in [6.45, 7) is 0.121. The second-order valence-electron chi connectivity index (χ2n) is 7.57. The molecule has 0 aliphatic heterocycles. The number of ether oxygens (including phenoxy) is 3. The van der Waals surface area contributed by atoms with Crippen LogP contribution in [-0.4, -0.2) is 52.9 Å². The highest BCUT2D eigenvalue weighted by molar-refractivity contribution is 7.09. The van der Waals surface area contributed by atoms with Crippen LogP contribution in [-0.2, 0) is 34.0 Å². The van der Waals surface area contributed by atoms with Crippen molar-refractivity contribution in [1.29, 1.82) is 0 Å². The van der Waals surface area contributed by atoms with Crippen LogP contribution < -0.4 is 0 Å². The SMILES string of the molecule is OC[C@@H](OCc1cccs1)[C@@H](O)[C@H](O)[C@@H](COCc1ccccc1)OCc1ccc(F)cc1. The van der Waals surface area contributed by atoms with E-state index >= 15 is 0 Å². The molecule has 1 aromatic heterocycles. The molecule has 0 spiro atoms. The Morgan fingerprint density at radius 2 is 1.42 bits per heavy atom. The molecule has 6 nitrogen and oxygen atoms in total. The van der Waals surface area contributed by atoms with E-state index in [0.717, 1.165) is 10.4 Å². The van der Waals surface area contributed by atoms with Gasteiger partial charge in [0.15, 0.2) is 0 Å². The lowest BCUT2D eigenvalue weighted by atomic mass is 10.0. The number of aliphatic hydroxyl groups is 3. The standard InChI is InChI=1S/C25H29FO6S/c26-20-10-8-19(9-11-20)15-31-23(17-30-14-18-5-2-1-3-6-18)25(29)24(28)22(13-27)32-16-21-7-4-12-33-21/h1-12,22-25,27-29H,13-17H2/t22-,23-,24-,25-/m1/s1. The first-order valence-electron chi connectivity index (χ1n) is 10.7. The highest BCUT2D eigenvalue weighted by atomic mass is 32.1. The van der Waals surface area contributed by atoms with Gasteiger partial charge in [0.1, 0.15) is 30.2 Å². The van der Waals surface area contributed by atoms with Gasteiger partial charge in [0.25, 0.3) is 0 Å². The molecule has 33 heavy (non-hydrogen) atoms. The number of thiophene rings is 1. The third-order valence-electron chi connectivity index (χ3n) is 5.08. The van der Waals surface area contributed by atoms with E-state index in [0.29, 0.717) is 12.2 Å².